The van der Waals surface area contributed by atoms with Crippen molar-refractivity contribution in [1.82, 2.24) is 0 Å². The molecule has 0 bridgehead atoms. The van der Waals surface area contributed by atoms with Crippen molar-refractivity contribution in [2.75, 3.05) is 6.61 Å². The summed E-state index contributed by atoms with van der Waals surface area (Å²) in [4.78, 5) is 2.74. The van der Waals surface area contributed by atoms with Crippen molar-refractivity contribution in [2.45, 2.75) is 26.0 Å². The van der Waals surface area contributed by atoms with Gasteiger partial charge in [-0.2, -0.15) is 0 Å². The largest absolute Gasteiger partial charge is 0.377 e. The third kappa shape index (κ3) is 5.05. The lowest BCUT2D eigenvalue weighted by molar-refractivity contribution is 0.115. The fourth-order valence-corrected chi connectivity index (χ4v) is 1.16. The van der Waals surface area contributed by atoms with Gasteiger partial charge in [0, 0.05) is 17.6 Å². The molecule has 1 atom stereocenters. The first kappa shape index (κ1) is 11.6. The molecule has 1 unspecified atom stereocenters. The molecule has 0 spiro atoms. The standard InChI is InChI=1S/C11H15N3O/c1-10(13-14-12)7-8-15-9-11-5-3-2-4-6-11/h2-6,10H,7-9H2,1H3. The zero-order valence-electron chi connectivity index (χ0n) is 8.84. The molecule has 1 rings (SSSR count). The van der Waals surface area contributed by atoms with Crippen LogP contribution in [-0.4, -0.2) is 12.6 Å². The summed E-state index contributed by atoms with van der Waals surface area (Å²) in [6, 6.07) is 10.0. The molecule has 4 heteroatoms. The molecule has 4 nitrogen and oxygen atoms in total. The van der Waals surface area contributed by atoms with Gasteiger partial charge in [-0.25, -0.2) is 0 Å². The monoisotopic (exact) mass is 205 g/mol. The fraction of sp³-hybridized carbons (Fsp3) is 0.455. The van der Waals surface area contributed by atoms with E-state index in [0.717, 1.165) is 12.0 Å². The fourth-order valence-electron chi connectivity index (χ4n) is 1.16. The van der Waals surface area contributed by atoms with Crippen LogP contribution in [0.25, 0.3) is 10.4 Å². The molecule has 0 saturated heterocycles. The van der Waals surface area contributed by atoms with Gasteiger partial charge in [-0.05, 0) is 17.5 Å². The molecule has 0 aromatic heterocycles. The van der Waals surface area contributed by atoms with Crippen molar-refractivity contribution < 1.29 is 4.74 Å². The second-order valence-corrected chi connectivity index (χ2v) is 3.38. The minimum Gasteiger partial charge on any atom is -0.377 e. The third-order valence-corrected chi connectivity index (χ3v) is 2.04. The highest BCUT2D eigenvalue weighted by Gasteiger charge is 1.98. The Labute approximate surface area is 89.5 Å². The highest BCUT2D eigenvalue weighted by molar-refractivity contribution is 5.13. The Kier molecular flexibility index (Phi) is 5.30. The maximum Gasteiger partial charge on any atom is 0.0716 e. The van der Waals surface area contributed by atoms with Crippen molar-refractivity contribution in [3.05, 3.63) is 46.3 Å². The van der Waals surface area contributed by atoms with Crippen LogP contribution in [0.2, 0.25) is 0 Å². The molecule has 0 saturated carbocycles. The predicted octanol–water partition coefficient (Wildman–Crippen LogP) is 3.29. The average Bonchev–Trinajstić information content (AvgIpc) is 2.26. The van der Waals surface area contributed by atoms with Gasteiger partial charge >= 0.3 is 0 Å². The first-order valence-electron chi connectivity index (χ1n) is 4.99. The molecule has 1 aromatic carbocycles. The number of azide groups is 1. The molecule has 80 valence electrons. The zero-order valence-corrected chi connectivity index (χ0v) is 8.84. The molecule has 0 N–H and O–H groups in total. The maximum absolute atomic E-state index is 8.19. The summed E-state index contributed by atoms with van der Waals surface area (Å²) in [5.74, 6) is 0. The number of benzene rings is 1. The quantitative estimate of drug-likeness (QED) is 0.304. The number of nitrogens with zero attached hydrogens (tertiary/aromatic N) is 3. The molecular formula is C11H15N3O. The van der Waals surface area contributed by atoms with Crippen molar-refractivity contribution in [3.63, 3.8) is 0 Å². The van der Waals surface area contributed by atoms with Crippen LogP contribution in [-0.2, 0) is 11.3 Å². The number of rotatable bonds is 6. The lowest BCUT2D eigenvalue weighted by Gasteiger charge is -2.05. The van der Waals surface area contributed by atoms with Gasteiger partial charge in [0.05, 0.1) is 6.61 Å². The van der Waals surface area contributed by atoms with Crippen LogP contribution < -0.4 is 0 Å². The van der Waals surface area contributed by atoms with E-state index in [0.29, 0.717) is 13.2 Å². The summed E-state index contributed by atoms with van der Waals surface area (Å²) >= 11 is 0. The van der Waals surface area contributed by atoms with Crippen LogP contribution in [0.1, 0.15) is 18.9 Å². The second kappa shape index (κ2) is 6.87. The Morgan fingerprint density at radius 1 is 1.40 bits per heavy atom. The van der Waals surface area contributed by atoms with Crippen molar-refractivity contribution >= 4 is 0 Å². The van der Waals surface area contributed by atoms with E-state index in [4.69, 9.17) is 10.3 Å². The van der Waals surface area contributed by atoms with Gasteiger partial charge in [0.25, 0.3) is 0 Å². The number of hydrogen-bond donors (Lipinski definition) is 0. The van der Waals surface area contributed by atoms with Crippen LogP contribution in [0.4, 0.5) is 0 Å². The molecule has 0 aliphatic heterocycles. The summed E-state index contributed by atoms with van der Waals surface area (Å²) in [6.07, 6.45) is 0.761. The lowest BCUT2D eigenvalue weighted by Crippen LogP contribution is -2.03. The van der Waals surface area contributed by atoms with Gasteiger partial charge in [0.15, 0.2) is 0 Å². The van der Waals surface area contributed by atoms with Gasteiger partial charge in [-0.15, -0.1) is 0 Å². The molecule has 15 heavy (non-hydrogen) atoms. The summed E-state index contributed by atoms with van der Waals surface area (Å²) in [6.45, 7) is 3.12. The van der Waals surface area contributed by atoms with Gasteiger partial charge < -0.3 is 4.74 Å². The topological polar surface area (TPSA) is 58.0 Å². The highest BCUT2D eigenvalue weighted by atomic mass is 16.5. The Hall–Kier alpha value is -1.51. The van der Waals surface area contributed by atoms with E-state index in [9.17, 15) is 0 Å². The highest BCUT2D eigenvalue weighted by Crippen LogP contribution is 2.02. The SMILES string of the molecule is CC(CCOCc1ccccc1)N=[N+]=[N-]. The third-order valence-electron chi connectivity index (χ3n) is 2.04. The lowest BCUT2D eigenvalue weighted by atomic mass is 10.2. The summed E-state index contributed by atoms with van der Waals surface area (Å²) < 4.78 is 5.45. The van der Waals surface area contributed by atoms with Gasteiger partial charge in [-0.1, -0.05) is 42.4 Å². The maximum atomic E-state index is 8.19. The van der Waals surface area contributed by atoms with Gasteiger partial charge in [0.1, 0.15) is 0 Å². The summed E-state index contributed by atoms with van der Waals surface area (Å²) in [5.41, 5.74) is 9.35. The number of hydrogen-bond acceptors (Lipinski definition) is 2. The Balaban J connectivity index is 2.15. The van der Waals surface area contributed by atoms with Crippen LogP contribution >= 0.6 is 0 Å². The van der Waals surface area contributed by atoms with Gasteiger partial charge in [-0.3, -0.25) is 0 Å². The first-order valence-corrected chi connectivity index (χ1v) is 4.99. The molecule has 0 aliphatic carbocycles. The van der Waals surface area contributed by atoms with Crippen LogP contribution in [0.5, 0.6) is 0 Å². The van der Waals surface area contributed by atoms with E-state index in [1.807, 2.05) is 37.3 Å². The van der Waals surface area contributed by atoms with Crippen LogP contribution in [0.15, 0.2) is 35.4 Å². The molecule has 1 aromatic rings. The minimum absolute atomic E-state index is 0.00535. The van der Waals surface area contributed by atoms with E-state index in [2.05, 4.69) is 10.0 Å². The number of ether oxygens (including phenoxy) is 1. The first-order chi connectivity index (χ1) is 7.33. The Morgan fingerprint density at radius 3 is 2.80 bits per heavy atom. The van der Waals surface area contributed by atoms with Crippen LogP contribution in [0, 0.1) is 0 Å². The normalized spacial score (nSPS) is 11.8. The predicted molar refractivity (Wildman–Crippen MR) is 59.3 cm³/mol. The molecule has 0 heterocycles. The van der Waals surface area contributed by atoms with E-state index in [1.165, 1.54) is 0 Å². The molecule has 0 radical (unpaired) electrons. The molecule has 0 aliphatic rings. The molecular weight excluding hydrogens is 190 g/mol. The minimum atomic E-state index is 0.00535. The zero-order chi connectivity index (χ0) is 10.9. The van der Waals surface area contributed by atoms with E-state index >= 15 is 0 Å². The van der Waals surface area contributed by atoms with Crippen molar-refractivity contribution in [2.24, 2.45) is 5.11 Å². The Morgan fingerprint density at radius 2 is 2.13 bits per heavy atom. The molecule has 0 fully saturated rings. The Bertz CT molecular complexity index is 320. The van der Waals surface area contributed by atoms with Crippen molar-refractivity contribution in [1.29, 1.82) is 0 Å². The van der Waals surface area contributed by atoms with E-state index < -0.39 is 0 Å². The average molecular weight is 205 g/mol. The summed E-state index contributed by atoms with van der Waals surface area (Å²) in [7, 11) is 0. The van der Waals surface area contributed by atoms with Gasteiger partial charge in [0.2, 0.25) is 0 Å². The van der Waals surface area contributed by atoms with Crippen LogP contribution in [0.3, 0.4) is 0 Å². The molecule has 0 amide bonds. The van der Waals surface area contributed by atoms with Crippen molar-refractivity contribution in [3.8, 4) is 0 Å². The van der Waals surface area contributed by atoms with E-state index in [-0.39, 0.29) is 6.04 Å². The summed E-state index contributed by atoms with van der Waals surface area (Å²) in [5, 5.41) is 3.57. The van der Waals surface area contributed by atoms with E-state index in [1.54, 1.807) is 0 Å². The second-order valence-electron chi connectivity index (χ2n) is 3.38. The smallest absolute Gasteiger partial charge is 0.0716 e.